The van der Waals surface area contributed by atoms with Gasteiger partial charge in [-0.25, -0.2) is 0 Å². The van der Waals surface area contributed by atoms with E-state index in [0.717, 1.165) is 37.3 Å². The van der Waals surface area contributed by atoms with Crippen molar-refractivity contribution >= 4 is 5.91 Å². The molecule has 0 aliphatic carbocycles. The Kier molecular flexibility index (Phi) is 5.87. The average Bonchev–Trinajstić information content (AvgIpc) is 3.19. The minimum atomic E-state index is -4.42. The number of halogens is 3. The summed E-state index contributed by atoms with van der Waals surface area (Å²) in [6, 6.07) is 16.6. The van der Waals surface area contributed by atoms with Gasteiger partial charge in [-0.05, 0) is 53.9 Å². The molecule has 2 heterocycles. The Balaban J connectivity index is 1.50. The minimum absolute atomic E-state index is 0.0493. The van der Waals surface area contributed by atoms with Crippen LogP contribution in [0.2, 0.25) is 0 Å². The molecule has 4 rings (SSSR count). The van der Waals surface area contributed by atoms with Crippen LogP contribution in [-0.4, -0.2) is 28.5 Å². The molecule has 7 heteroatoms. The summed E-state index contributed by atoms with van der Waals surface area (Å²) in [6.07, 6.45) is -1.51. The quantitative estimate of drug-likeness (QED) is 0.648. The number of benzene rings is 2. The van der Waals surface area contributed by atoms with Gasteiger partial charge in [-0.3, -0.25) is 9.69 Å². The second-order valence-electron chi connectivity index (χ2n) is 7.83. The van der Waals surface area contributed by atoms with Gasteiger partial charge in [0, 0.05) is 44.1 Å². The van der Waals surface area contributed by atoms with Gasteiger partial charge >= 0.3 is 6.18 Å². The van der Waals surface area contributed by atoms with E-state index in [1.54, 1.807) is 0 Å². The maximum atomic E-state index is 12.8. The van der Waals surface area contributed by atoms with Crippen LogP contribution in [-0.2, 0) is 26.2 Å². The van der Waals surface area contributed by atoms with Crippen LogP contribution >= 0.6 is 0 Å². The Morgan fingerprint density at radius 3 is 2.39 bits per heavy atom. The fourth-order valence-electron chi connectivity index (χ4n) is 4.13. The third-order valence-corrected chi connectivity index (χ3v) is 5.86. The van der Waals surface area contributed by atoms with Gasteiger partial charge in [0.2, 0.25) is 0 Å². The van der Waals surface area contributed by atoms with Crippen molar-refractivity contribution in [1.82, 2.24) is 14.8 Å². The molecule has 1 N–H and O–H groups in total. The molecule has 31 heavy (non-hydrogen) atoms. The van der Waals surface area contributed by atoms with Crippen molar-refractivity contribution in [2.24, 2.45) is 7.05 Å². The van der Waals surface area contributed by atoms with Crippen LogP contribution in [0.4, 0.5) is 13.2 Å². The van der Waals surface area contributed by atoms with Gasteiger partial charge in [-0.15, -0.1) is 0 Å². The molecule has 0 bridgehead atoms. The lowest BCUT2D eigenvalue weighted by Gasteiger charge is -2.36. The van der Waals surface area contributed by atoms with Gasteiger partial charge in [0.05, 0.1) is 11.6 Å². The van der Waals surface area contributed by atoms with Crippen molar-refractivity contribution in [3.8, 4) is 0 Å². The number of aromatic nitrogens is 1. The Hall–Kier alpha value is -3.06. The molecule has 0 spiro atoms. The molecule has 1 atom stereocenters. The van der Waals surface area contributed by atoms with Crippen molar-refractivity contribution in [1.29, 1.82) is 0 Å². The Morgan fingerprint density at radius 1 is 1.03 bits per heavy atom. The van der Waals surface area contributed by atoms with E-state index in [-0.39, 0.29) is 17.5 Å². The molecule has 1 unspecified atom stereocenters. The van der Waals surface area contributed by atoms with Crippen LogP contribution in [0.3, 0.4) is 0 Å². The van der Waals surface area contributed by atoms with Gasteiger partial charge in [-0.1, -0.05) is 24.3 Å². The summed E-state index contributed by atoms with van der Waals surface area (Å²) < 4.78 is 40.4. The smallest absolute Gasteiger partial charge is 0.353 e. The van der Waals surface area contributed by atoms with E-state index in [9.17, 15) is 18.0 Å². The van der Waals surface area contributed by atoms with E-state index < -0.39 is 11.7 Å². The first kappa shape index (κ1) is 21.2. The van der Waals surface area contributed by atoms with E-state index in [4.69, 9.17) is 0 Å². The Morgan fingerprint density at radius 2 is 1.74 bits per heavy atom. The van der Waals surface area contributed by atoms with Gasteiger partial charge in [0.25, 0.3) is 5.91 Å². The lowest BCUT2D eigenvalue weighted by atomic mass is 9.97. The van der Waals surface area contributed by atoms with Gasteiger partial charge in [0.15, 0.2) is 0 Å². The zero-order valence-corrected chi connectivity index (χ0v) is 17.2. The minimum Gasteiger partial charge on any atom is -0.353 e. The average molecular weight is 427 g/mol. The van der Waals surface area contributed by atoms with Crippen LogP contribution in [0.5, 0.6) is 0 Å². The first-order valence-electron chi connectivity index (χ1n) is 10.2. The SMILES string of the molecule is Cn1cccc1C(CNC(=O)c1ccc(C(F)(F)F)cc1)N1CCc2ccccc2C1. The van der Waals surface area contributed by atoms with E-state index in [1.165, 1.54) is 23.3 Å². The summed E-state index contributed by atoms with van der Waals surface area (Å²) in [6.45, 7) is 2.01. The number of amides is 1. The van der Waals surface area contributed by atoms with Gasteiger partial charge in [-0.2, -0.15) is 13.2 Å². The van der Waals surface area contributed by atoms with Crippen LogP contribution in [0.15, 0.2) is 66.9 Å². The van der Waals surface area contributed by atoms with E-state index >= 15 is 0 Å². The summed E-state index contributed by atoms with van der Waals surface area (Å²) in [5.74, 6) is -0.384. The number of alkyl halides is 3. The summed E-state index contributed by atoms with van der Waals surface area (Å²) in [7, 11) is 1.97. The number of nitrogens with one attached hydrogen (secondary N) is 1. The topological polar surface area (TPSA) is 37.3 Å². The number of fused-ring (bicyclic) bond motifs is 1. The molecule has 1 aliphatic rings. The Bertz CT molecular complexity index is 1060. The fraction of sp³-hybridized carbons (Fsp3) is 0.292. The number of hydrogen-bond donors (Lipinski definition) is 1. The zero-order chi connectivity index (χ0) is 22.0. The maximum Gasteiger partial charge on any atom is 0.416 e. The first-order valence-corrected chi connectivity index (χ1v) is 10.2. The summed E-state index contributed by atoms with van der Waals surface area (Å²) in [4.78, 5) is 15.0. The van der Waals surface area contributed by atoms with Crippen molar-refractivity contribution in [2.45, 2.75) is 25.2 Å². The monoisotopic (exact) mass is 427 g/mol. The lowest BCUT2D eigenvalue weighted by Crippen LogP contribution is -2.41. The molecule has 1 amide bonds. The van der Waals surface area contributed by atoms with Gasteiger partial charge < -0.3 is 9.88 Å². The molecule has 162 valence electrons. The highest BCUT2D eigenvalue weighted by Crippen LogP contribution is 2.30. The van der Waals surface area contributed by atoms with E-state index in [0.29, 0.717) is 6.54 Å². The normalized spacial score (nSPS) is 15.4. The lowest BCUT2D eigenvalue weighted by molar-refractivity contribution is -0.137. The number of aryl methyl sites for hydroxylation is 1. The molecule has 0 saturated carbocycles. The number of carbonyl (C=O) groups is 1. The maximum absolute atomic E-state index is 12.8. The number of nitrogens with zero attached hydrogens (tertiary/aromatic N) is 2. The van der Waals surface area contributed by atoms with Crippen molar-refractivity contribution in [3.63, 3.8) is 0 Å². The van der Waals surface area contributed by atoms with Gasteiger partial charge in [0.1, 0.15) is 0 Å². The highest BCUT2D eigenvalue weighted by atomic mass is 19.4. The predicted octanol–water partition coefficient (Wildman–Crippen LogP) is 4.57. The molecule has 2 aromatic carbocycles. The molecule has 0 fully saturated rings. The largest absolute Gasteiger partial charge is 0.416 e. The Labute approximate surface area is 179 Å². The van der Waals surface area contributed by atoms with E-state index in [2.05, 4.69) is 22.3 Å². The number of hydrogen-bond acceptors (Lipinski definition) is 2. The molecule has 1 aromatic heterocycles. The second kappa shape index (κ2) is 8.59. The van der Waals surface area contributed by atoms with Crippen molar-refractivity contribution < 1.29 is 18.0 Å². The van der Waals surface area contributed by atoms with Crippen LogP contribution in [0.25, 0.3) is 0 Å². The van der Waals surface area contributed by atoms with Crippen LogP contribution in [0.1, 0.15) is 38.8 Å². The molecule has 4 nitrogen and oxygen atoms in total. The predicted molar refractivity (Wildman–Crippen MR) is 112 cm³/mol. The molecule has 0 saturated heterocycles. The molecule has 0 radical (unpaired) electrons. The summed E-state index contributed by atoms with van der Waals surface area (Å²) in [5, 5.41) is 2.92. The van der Waals surface area contributed by atoms with Crippen molar-refractivity contribution in [2.75, 3.05) is 13.1 Å². The standard InChI is InChI=1S/C24H24F3N3O/c1-29-13-4-7-21(29)22(30-14-12-17-5-2-3-6-19(17)16-30)15-28-23(31)18-8-10-20(11-9-18)24(25,26)27/h2-11,13,22H,12,14-16H2,1H3,(H,28,31). The number of carbonyl (C=O) groups excluding carboxylic acids is 1. The number of rotatable bonds is 5. The third kappa shape index (κ3) is 4.66. The van der Waals surface area contributed by atoms with Crippen molar-refractivity contribution in [3.05, 3.63) is 94.8 Å². The summed E-state index contributed by atoms with van der Waals surface area (Å²) in [5.41, 5.74) is 3.15. The van der Waals surface area contributed by atoms with E-state index in [1.807, 2.05) is 42.1 Å². The zero-order valence-electron chi connectivity index (χ0n) is 17.2. The second-order valence-corrected chi connectivity index (χ2v) is 7.83. The molecule has 1 aliphatic heterocycles. The molecular formula is C24H24F3N3O. The molecular weight excluding hydrogens is 403 g/mol. The fourth-order valence-corrected chi connectivity index (χ4v) is 4.13. The van der Waals surface area contributed by atoms with Crippen LogP contribution in [0, 0.1) is 0 Å². The summed E-state index contributed by atoms with van der Waals surface area (Å²) >= 11 is 0. The third-order valence-electron chi connectivity index (χ3n) is 5.86. The molecule has 3 aromatic rings. The highest BCUT2D eigenvalue weighted by molar-refractivity contribution is 5.94. The van der Waals surface area contributed by atoms with Crippen LogP contribution < -0.4 is 5.32 Å². The first-order chi connectivity index (χ1) is 14.8. The highest BCUT2D eigenvalue weighted by Gasteiger charge is 2.30.